The smallest absolute Gasteiger partial charge is 0.263 e. The highest BCUT2D eigenvalue weighted by Crippen LogP contribution is 2.21. The van der Waals surface area contributed by atoms with Crippen LogP contribution in [0.2, 0.25) is 0 Å². The lowest BCUT2D eigenvalue weighted by Crippen LogP contribution is -2.51. The van der Waals surface area contributed by atoms with Crippen molar-refractivity contribution in [1.82, 2.24) is 15.2 Å². The molecule has 1 aromatic heterocycles. The number of amides is 1. The molecule has 1 saturated heterocycles. The second kappa shape index (κ2) is 9.58. The number of nitrogens with one attached hydrogen (secondary N) is 1. The van der Waals surface area contributed by atoms with E-state index in [1.807, 2.05) is 6.92 Å². The van der Waals surface area contributed by atoms with Crippen LogP contribution >= 0.6 is 11.3 Å². The highest BCUT2D eigenvalue weighted by Gasteiger charge is 2.25. The van der Waals surface area contributed by atoms with Gasteiger partial charge < -0.3 is 10.1 Å². The van der Waals surface area contributed by atoms with Crippen molar-refractivity contribution in [3.63, 3.8) is 0 Å². The summed E-state index contributed by atoms with van der Waals surface area (Å²) in [6.45, 7) is 10.1. The molecule has 0 saturated carbocycles. The Labute approximate surface area is 169 Å². The van der Waals surface area contributed by atoms with Crippen LogP contribution in [-0.4, -0.2) is 54.7 Å². The minimum Gasteiger partial charge on any atom is -0.379 e. The molecule has 1 aliphatic heterocycles. The topological polar surface area (TPSA) is 54.5 Å². The van der Waals surface area contributed by atoms with Crippen molar-refractivity contribution >= 4 is 17.2 Å². The number of morpholine rings is 1. The molecule has 0 spiro atoms. The summed E-state index contributed by atoms with van der Waals surface area (Å²) in [4.78, 5) is 20.3. The normalized spacial score (nSPS) is 16.3. The van der Waals surface area contributed by atoms with Gasteiger partial charge in [0, 0.05) is 32.1 Å². The number of thiazole rings is 1. The summed E-state index contributed by atoms with van der Waals surface area (Å²) in [5.41, 5.74) is 1.72. The van der Waals surface area contributed by atoms with Crippen molar-refractivity contribution in [3.05, 3.63) is 51.2 Å². The molecule has 1 amide bonds. The molecular weight excluding hydrogens is 377 g/mol. The fourth-order valence-corrected chi connectivity index (χ4v) is 4.50. The summed E-state index contributed by atoms with van der Waals surface area (Å²) in [6, 6.07) is 6.69. The van der Waals surface area contributed by atoms with Crippen molar-refractivity contribution in [3.8, 4) is 0 Å². The summed E-state index contributed by atoms with van der Waals surface area (Å²) in [6.07, 6.45) is 0.599. The molecule has 0 aliphatic carbocycles. The molecule has 0 bridgehead atoms. The lowest BCUT2D eigenvalue weighted by molar-refractivity contribution is 0.00673. The monoisotopic (exact) mass is 405 g/mol. The summed E-state index contributed by atoms with van der Waals surface area (Å²) >= 11 is 1.41. The van der Waals surface area contributed by atoms with Crippen LogP contribution < -0.4 is 5.32 Å². The minimum atomic E-state index is -0.251. The van der Waals surface area contributed by atoms with Gasteiger partial charge in [-0.15, -0.1) is 11.3 Å². The highest BCUT2D eigenvalue weighted by molar-refractivity contribution is 7.13. The van der Waals surface area contributed by atoms with Crippen LogP contribution in [0.15, 0.2) is 24.3 Å². The van der Waals surface area contributed by atoms with Gasteiger partial charge in [0.25, 0.3) is 5.91 Å². The number of hydrogen-bond donors (Lipinski definition) is 1. The zero-order valence-electron chi connectivity index (χ0n) is 16.7. The molecule has 1 atom stereocenters. The molecule has 7 heteroatoms. The van der Waals surface area contributed by atoms with Crippen LogP contribution in [0, 0.1) is 18.7 Å². The molecule has 1 fully saturated rings. The van der Waals surface area contributed by atoms with Gasteiger partial charge in [-0.2, -0.15) is 0 Å². The zero-order chi connectivity index (χ0) is 20.1. The van der Waals surface area contributed by atoms with Gasteiger partial charge in [-0.3, -0.25) is 9.69 Å². The first-order chi connectivity index (χ1) is 13.4. The fraction of sp³-hybridized carbons (Fsp3) is 0.524. The zero-order valence-corrected chi connectivity index (χ0v) is 17.5. The highest BCUT2D eigenvalue weighted by atomic mass is 32.1. The molecule has 1 aliphatic rings. The second-order valence-electron chi connectivity index (χ2n) is 7.50. The SMILES string of the molecule is Cc1nc(Cc2ccc(F)cc2)sc1C(=O)NCC(C(C)C)N1CCOCC1. The molecule has 152 valence electrons. The van der Waals surface area contributed by atoms with Crippen LogP contribution in [0.25, 0.3) is 0 Å². The van der Waals surface area contributed by atoms with Crippen LogP contribution in [-0.2, 0) is 11.2 Å². The Kier molecular flexibility index (Phi) is 7.15. The van der Waals surface area contributed by atoms with E-state index in [1.54, 1.807) is 12.1 Å². The van der Waals surface area contributed by atoms with Crippen molar-refractivity contribution in [1.29, 1.82) is 0 Å². The fourth-order valence-electron chi connectivity index (χ4n) is 3.49. The summed E-state index contributed by atoms with van der Waals surface area (Å²) in [5.74, 6) is 0.119. The number of carbonyl (C=O) groups is 1. The van der Waals surface area contributed by atoms with Gasteiger partial charge in [-0.25, -0.2) is 9.37 Å². The van der Waals surface area contributed by atoms with E-state index in [2.05, 4.69) is 29.0 Å². The first-order valence-electron chi connectivity index (χ1n) is 9.74. The van der Waals surface area contributed by atoms with Crippen LogP contribution in [0.5, 0.6) is 0 Å². The number of aryl methyl sites for hydroxylation is 1. The van der Waals surface area contributed by atoms with Gasteiger partial charge in [-0.05, 0) is 30.5 Å². The Morgan fingerprint density at radius 3 is 2.61 bits per heavy atom. The number of hydrogen-bond acceptors (Lipinski definition) is 5. The Balaban J connectivity index is 1.61. The van der Waals surface area contributed by atoms with Gasteiger partial charge in [0.2, 0.25) is 0 Å². The molecule has 5 nitrogen and oxygen atoms in total. The van der Waals surface area contributed by atoms with E-state index in [1.165, 1.54) is 23.5 Å². The van der Waals surface area contributed by atoms with E-state index in [4.69, 9.17) is 4.74 Å². The van der Waals surface area contributed by atoms with E-state index in [0.717, 1.165) is 42.6 Å². The maximum Gasteiger partial charge on any atom is 0.263 e. The van der Waals surface area contributed by atoms with Crippen molar-refractivity contribution in [2.75, 3.05) is 32.8 Å². The predicted molar refractivity (Wildman–Crippen MR) is 109 cm³/mol. The Morgan fingerprint density at radius 1 is 1.29 bits per heavy atom. The van der Waals surface area contributed by atoms with E-state index in [9.17, 15) is 9.18 Å². The average molecular weight is 406 g/mol. The minimum absolute atomic E-state index is 0.0701. The Hall–Kier alpha value is -1.83. The third kappa shape index (κ3) is 5.37. The molecular formula is C21H28FN3O2S. The van der Waals surface area contributed by atoms with Gasteiger partial charge in [0.15, 0.2) is 0 Å². The molecule has 1 unspecified atom stereocenters. The molecule has 1 N–H and O–H groups in total. The maximum absolute atomic E-state index is 13.1. The molecule has 2 aromatic rings. The summed E-state index contributed by atoms with van der Waals surface area (Å²) in [5, 5.41) is 3.97. The molecule has 0 radical (unpaired) electrons. The number of carbonyl (C=O) groups excluding carboxylic acids is 1. The van der Waals surface area contributed by atoms with E-state index >= 15 is 0 Å². The van der Waals surface area contributed by atoms with Crippen LogP contribution in [0.1, 0.15) is 39.8 Å². The number of benzene rings is 1. The van der Waals surface area contributed by atoms with Crippen molar-refractivity contribution < 1.29 is 13.9 Å². The number of halogens is 1. The third-order valence-corrected chi connectivity index (χ3v) is 6.23. The summed E-state index contributed by atoms with van der Waals surface area (Å²) in [7, 11) is 0. The van der Waals surface area contributed by atoms with E-state index < -0.39 is 0 Å². The number of aromatic nitrogens is 1. The quantitative estimate of drug-likeness (QED) is 0.768. The molecule has 28 heavy (non-hydrogen) atoms. The van der Waals surface area contributed by atoms with Crippen LogP contribution in [0.4, 0.5) is 4.39 Å². The number of rotatable bonds is 7. The second-order valence-corrected chi connectivity index (χ2v) is 8.58. The summed E-state index contributed by atoms with van der Waals surface area (Å²) < 4.78 is 18.5. The predicted octanol–water partition coefficient (Wildman–Crippen LogP) is 3.27. The first kappa shape index (κ1) is 20.9. The van der Waals surface area contributed by atoms with E-state index in [-0.39, 0.29) is 11.7 Å². The van der Waals surface area contributed by atoms with Gasteiger partial charge in [-0.1, -0.05) is 26.0 Å². The maximum atomic E-state index is 13.1. The molecule has 1 aromatic carbocycles. The number of nitrogens with zero attached hydrogens (tertiary/aromatic N) is 2. The Morgan fingerprint density at radius 2 is 1.96 bits per heavy atom. The van der Waals surface area contributed by atoms with Crippen LogP contribution in [0.3, 0.4) is 0 Å². The lowest BCUT2D eigenvalue weighted by atomic mass is 10.0. The molecule has 3 rings (SSSR count). The third-order valence-electron chi connectivity index (χ3n) is 5.07. The van der Waals surface area contributed by atoms with Gasteiger partial charge in [0.05, 0.1) is 23.9 Å². The average Bonchev–Trinajstić information content (AvgIpc) is 3.04. The van der Waals surface area contributed by atoms with Gasteiger partial charge >= 0.3 is 0 Å². The number of ether oxygens (including phenoxy) is 1. The molecule has 2 heterocycles. The van der Waals surface area contributed by atoms with E-state index in [0.29, 0.717) is 29.8 Å². The van der Waals surface area contributed by atoms with Gasteiger partial charge in [0.1, 0.15) is 10.7 Å². The lowest BCUT2D eigenvalue weighted by Gasteiger charge is -2.36. The first-order valence-corrected chi connectivity index (χ1v) is 10.6. The van der Waals surface area contributed by atoms with Crippen molar-refractivity contribution in [2.45, 2.75) is 33.2 Å². The van der Waals surface area contributed by atoms with Crippen molar-refractivity contribution in [2.24, 2.45) is 5.92 Å². The standard InChI is InChI=1S/C21H28FN3O2S/c1-14(2)18(25-8-10-27-11-9-25)13-23-21(26)20-15(3)24-19(28-20)12-16-4-6-17(22)7-5-16/h4-7,14,18H,8-13H2,1-3H3,(H,23,26). The Bertz CT molecular complexity index is 785. The largest absolute Gasteiger partial charge is 0.379 e.